The molecule has 0 radical (unpaired) electrons. The van der Waals surface area contributed by atoms with Gasteiger partial charge < -0.3 is 4.90 Å². The minimum atomic E-state index is -0.227. The van der Waals surface area contributed by atoms with Gasteiger partial charge in [0, 0.05) is 28.6 Å². The lowest BCUT2D eigenvalue weighted by Crippen LogP contribution is -2.38. The lowest BCUT2D eigenvalue weighted by Gasteiger charge is -2.41. The van der Waals surface area contributed by atoms with Crippen LogP contribution in [0.2, 0.25) is 0 Å². The summed E-state index contributed by atoms with van der Waals surface area (Å²) in [4.78, 5) is 2.48. The summed E-state index contributed by atoms with van der Waals surface area (Å²) in [7, 11) is 0. The van der Waals surface area contributed by atoms with Crippen LogP contribution in [0.1, 0.15) is 11.1 Å². The monoisotopic (exact) mass is 637 g/mol. The second kappa shape index (κ2) is 11.5. The average Bonchev–Trinajstić information content (AvgIpc) is 3.67. The van der Waals surface area contributed by atoms with E-state index >= 15 is 0 Å². The summed E-state index contributed by atoms with van der Waals surface area (Å²) < 4.78 is 0. The molecular formula is C49H35N. The van der Waals surface area contributed by atoms with Crippen molar-refractivity contribution in [2.24, 2.45) is 11.8 Å². The number of benzene rings is 6. The van der Waals surface area contributed by atoms with Crippen LogP contribution in [-0.2, 0) is 5.41 Å². The van der Waals surface area contributed by atoms with E-state index in [0.717, 1.165) is 11.4 Å². The van der Waals surface area contributed by atoms with Crippen molar-refractivity contribution in [3.05, 3.63) is 228 Å². The van der Waals surface area contributed by atoms with Crippen LogP contribution in [0.5, 0.6) is 0 Å². The Bertz CT molecular complexity index is 2280. The molecule has 0 heterocycles. The van der Waals surface area contributed by atoms with Gasteiger partial charge in [0.2, 0.25) is 0 Å². The number of allylic oxidation sites excluding steroid dienone is 9. The third-order valence-corrected chi connectivity index (χ3v) is 11.2. The molecule has 236 valence electrons. The summed E-state index contributed by atoms with van der Waals surface area (Å²) in [5, 5.41) is 0. The van der Waals surface area contributed by atoms with Crippen LogP contribution in [-0.4, -0.2) is 0 Å². The molecule has 6 aromatic carbocycles. The summed E-state index contributed by atoms with van der Waals surface area (Å²) in [6, 6.07) is 57.7. The SMILES string of the molecule is C1=CC2=C3C(N(c4ccc(-c5ccccc5)cc4)c4ccc(-c5ccccc5)cc4)=CC=CC3C3(c4ccccc4-c4ccccc43)C2C=C1. The highest BCUT2D eigenvalue weighted by Gasteiger charge is 2.59. The van der Waals surface area contributed by atoms with E-state index in [4.69, 9.17) is 0 Å². The van der Waals surface area contributed by atoms with Crippen LogP contribution in [0.15, 0.2) is 217 Å². The van der Waals surface area contributed by atoms with Gasteiger partial charge in [-0.25, -0.2) is 0 Å². The molecule has 0 N–H and O–H groups in total. The smallest absolute Gasteiger partial charge is 0.0502 e. The lowest BCUT2D eigenvalue weighted by molar-refractivity contribution is 0.403. The van der Waals surface area contributed by atoms with Gasteiger partial charge in [-0.15, -0.1) is 0 Å². The lowest BCUT2D eigenvalue weighted by atomic mass is 9.62. The number of hydrogen-bond donors (Lipinski definition) is 0. The van der Waals surface area contributed by atoms with Gasteiger partial charge in [0.05, 0.1) is 5.70 Å². The van der Waals surface area contributed by atoms with E-state index in [2.05, 4.69) is 205 Å². The van der Waals surface area contributed by atoms with Gasteiger partial charge in [-0.3, -0.25) is 0 Å². The Morgan fingerprint density at radius 1 is 0.420 bits per heavy atom. The third kappa shape index (κ3) is 4.20. The molecule has 0 saturated carbocycles. The molecule has 4 aliphatic carbocycles. The highest BCUT2D eigenvalue weighted by Crippen LogP contribution is 2.66. The maximum atomic E-state index is 2.48. The molecule has 1 heteroatoms. The van der Waals surface area contributed by atoms with Crippen molar-refractivity contribution in [1.82, 2.24) is 0 Å². The Morgan fingerprint density at radius 3 is 1.46 bits per heavy atom. The zero-order valence-corrected chi connectivity index (χ0v) is 27.7. The van der Waals surface area contributed by atoms with E-state index < -0.39 is 0 Å². The number of anilines is 2. The molecule has 6 aromatic rings. The van der Waals surface area contributed by atoms with Crippen molar-refractivity contribution >= 4 is 11.4 Å². The fourth-order valence-corrected chi connectivity index (χ4v) is 9.16. The van der Waals surface area contributed by atoms with Gasteiger partial charge in [0.15, 0.2) is 0 Å². The molecule has 10 rings (SSSR count). The topological polar surface area (TPSA) is 3.24 Å². The van der Waals surface area contributed by atoms with E-state index in [9.17, 15) is 0 Å². The molecule has 0 saturated heterocycles. The van der Waals surface area contributed by atoms with E-state index in [1.807, 2.05) is 0 Å². The summed E-state index contributed by atoms with van der Waals surface area (Å²) in [6.45, 7) is 0. The Hall–Kier alpha value is -6.18. The second-order valence-corrected chi connectivity index (χ2v) is 13.6. The molecule has 1 nitrogen and oxygen atoms in total. The van der Waals surface area contributed by atoms with Gasteiger partial charge in [-0.2, -0.15) is 0 Å². The molecule has 2 unspecified atom stereocenters. The first-order valence-electron chi connectivity index (χ1n) is 17.6. The molecule has 0 amide bonds. The van der Waals surface area contributed by atoms with Crippen LogP contribution < -0.4 is 4.90 Å². The van der Waals surface area contributed by atoms with Crippen LogP contribution in [0.4, 0.5) is 11.4 Å². The molecule has 2 atom stereocenters. The van der Waals surface area contributed by atoms with Crippen molar-refractivity contribution in [2.45, 2.75) is 5.41 Å². The average molecular weight is 638 g/mol. The number of fused-ring (bicyclic) bond motifs is 9. The largest absolute Gasteiger partial charge is 0.310 e. The normalized spacial score (nSPS) is 18.8. The van der Waals surface area contributed by atoms with Crippen molar-refractivity contribution < 1.29 is 0 Å². The van der Waals surface area contributed by atoms with Crippen LogP contribution in [0.25, 0.3) is 33.4 Å². The Morgan fingerprint density at radius 2 is 0.900 bits per heavy atom. The maximum Gasteiger partial charge on any atom is 0.0502 e. The van der Waals surface area contributed by atoms with E-state index in [1.54, 1.807) is 0 Å². The molecule has 0 fully saturated rings. The minimum Gasteiger partial charge on any atom is -0.310 e. The second-order valence-electron chi connectivity index (χ2n) is 13.6. The number of nitrogens with zero attached hydrogens (tertiary/aromatic N) is 1. The van der Waals surface area contributed by atoms with Crippen molar-refractivity contribution in [2.75, 3.05) is 4.90 Å². The van der Waals surface area contributed by atoms with Gasteiger partial charge in [0.25, 0.3) is 0 Å². The van der Waals surface area contributed by atoms with Gasteiger partial charge in [0.1, 0.15) is 0 Å². The highest BCUT2D eigenvalue weighted by atomic mass is 15.2. The van der Waals surface area contributed by atoms with E-state index in [1.165, 1.54) is 61.4 Å². The number of rotatable bonds is 5. The summed E-state index contributed by atoms with van der Waals surface area (Å²) in [5.74, 6) is 0.376. The van der Waals surface area contributed by atoms with Crippen molar-refractivity contribution in [1.29, 1.82) is 0 Å². The predicted molar refractivity (Wildman–Crippen MR) is 208 cm³/mol. The fourth-order valence-electron chi connectivity index (χ4n) is 9.16. The minimum absolute atomic E-state index is 0.161. The quantitative estimate of drug-likeness (QED) is 0.182. The van der Waals surface area contributed by atoms with Crippen LogP contribution in [0.3, 0.4) is 0 Å². The Kier molecular flexibility index (Phi) is 6.60. The maximum absolute atomic E-state index is 2.48. The summed E-state index contributed by atoms with van der Waals surface area (Å²) in [5.41, 5.74) is 16.6. The Labute approximate surface area is 294 Å². The van der Waals surface area contributed by atoms with Crippen molar-refractivity contribution in [3.8, 4) is 33.4 Å². The molecule has 0 bridgehead atoms. The van der Waals surface area contributed by atoms with E-state index in [0.29, 0.717) is 0 Å². The summed E-state index contributed by atoms with van der Waals surface area (Å²) >= 11 is 0. The van der Waals surface area contributed by atoms with Gasteiger partial charge in [-0.05, 0) is 86.0 Å². The Balaban J connectivity index is 1.16. The van der Waals surface area contributed by atoms with Gasteiger partial charge in [-0.1, -0.05) is 170 Å². The van der Waals surface area contributed by atoms with Gasteiger partial charge >= 0.3 is 0 Å². The first-order chi connectivity index (χ1) is 24.8. The first kappa shape index (κ1) is 28.8. The first-order valence-corrected chi connectivity index (χ1v) is 17.6. The zero-order valence-electron chi connectivity index (χ0n) is 27.7. The third-order valence-electron chi connectivity index (χ3n) is 11.2. The van der Waals surface area contributed by atoms with Crippen molar-refractivity contribution in [3.63, 3.8) is 0 Å². The molecule has 1 spiro atoms. The molecular weight excluding hydrogens is 603 g/mol. The summed E-state index contributed by atoms with van der Waals surface area (Å²) in [6.07, 6.45) is 16.4. The molecule has 4 aliphatic rings. The zero-order chi connectivity index (χ0) is 33.1. The highest BCUT2D eigenvalue weighted by molar-refractivity contribution is 5.86. The molecule has 0 aliphatic heterocycles. The van der Waals surface area contributed by atoms with Crippen LogP contribution >= 0.6 is 0 Å². The fraction of sp³-hybridized carbons (Fsp3) is 0.0612. The molecule has 50 heavy (non-hydrogen) atoms. The van der Waals surface area contributed by atoms with E-state index in [-0.39, 0.29) is 17.3 Å². The van der Waals surface area contributed by atoms with Crippen LogP contribution in [0, 0.1) is 11.8 Å². The standard InChI is InChI=1S/C49H35N/c1-3-14-34(15-4-1)36-26-30-38(31-27-36)50(39-32-28-37(29-33-39)35-16-5-2-6-17-35)47-25-13-24-46-48(47)42-20-9-12-23-45(42)49(46)43-21-10-7-18-40(43)41-19-8-11-22-44(41)49/h1-33,45-46H. The number of hydrogen-bond acceptors (Lipinski definition) is 1. The molecule has 0 aromatic heterocycles. The predicted octanol–water partition coefficient (Wildman–Crippen LogP) is 12.2.